The molecule has 11 nitrogen and oxygen atoms in total. The van der Waals surface area contributed by atoms with Crippen LogP contribution in [0.15, 0.2) is 163 Å². The second-order valence-electron chi connectivity index (χ2n) is 10.0. The van der Waals surface area contributed by atoms with Crippen molar-refractivity contribution < 1.29 is 133 Å². The summed E-state index contributed by atoms with van der Waals surface area (Å²) in [4.78, 5) is 33.2. The van der Waals surface area contributed by atoms with E-state index >= 15 is 0 Å². The zero-order chi connectivity index (χ0) is 38.8. The van der Waals surface area contributed by atoms with Gasteiger partial charge in [-0.3, -0.25) is 25.0 Å². The van der Waals surface area contributed by atoms with E-state index < -0.39 is 15.7 Å². The summed E-state index contributed by atoms with van der Waals surface area (Å²) in [6, 6.07) is 42.7. The van der Waals surface area contributed by atoms with Crippen LogP contribution in [0.5, 0.6) is 0 Å². The van der Waals surface area contributed by atoms with Crippen LogP contribution in [0.3, 0.4) is 0 Å². The van der Waals surface area contributed by atoms with Gasteiger partial charge in [-0.1, -0.05) is 48.5 Å². The molecule has 0 saturated heterocycles. The zero-order valence-electron chi connectivity index (χ0n) is 30.0. The van der Waals surface area contributed by atoms with Crippen molar-refractivity contribution in [3.8, 4) is 0 Å². The Hall–Kier alpha value is -1.73. The molecule has 0 saturated carbocycles. The van der Waals surface area contributed by atoms with E-state index in [2.05, 4.69) is 73.9 Å². The van der Waals surface area contributed by atoms with Crippen LogP contribution < -0.4 is 118 Å². The molecule has 0 bridgehead atoms. The Morgan fingerprint density at radius 3 is 1.24 bits per heavy atom. The smallest absolute Gasteiger partial charge is 1.00 e. The maximum atomic E-state index is 12.1. The summed E-state index contributed by atoms with van der Waals surface area (Å²) in [5.74, 6) is -0.467. The number of hydrogen-bond acceptors (Lipinski definition) is 9. The Morgan fingerprint density at radius 1 is 0.582 bits per heavy atom. The number of nitrogens with zero attached hydrogens (tertiary/aromatic N) is 3. The summed E-state index contributed by atoms with van der Waals surface area (Å²) >= 11 is 14.2. The molecule has 6 rings (SSSR count). The summed E-state index contributed by atoms with van der Waals surface area (Å²) in [5, 5.41) is 32.7. The normalized spacial score (nSPS) is 9.35. The van der Waals surface area contributed by atoms with Gasteiger partial charge in [-0.25, -0.2) is 4.39 Å². The fourth-order valence-electron chi connectivity index (χ4n) is 4.23. The van der Waals surface area contributed by atoms with E-state index in [0.717, 1.165) is 70.6 Å². The van der Waals surface area contributed by atoms with E-state index in [1.165, 1.54) is 12.1 Å². The molecule has 0 heterocycles. The fourth-order valence-corrected chi connectivity index (χ4v) is 5.92. The van der Waals surface area contributed by atoms with E-state index in [9.17, 15) is 24.6 Å². The molecule has 0 fully saturated rings. The summed E-state index contributed by atoms with van der Waals surface area (Å²) in [6.07, 6.45) is 0. The van der Waals surface area contributed by atoms with Crippen molar-refractivity contribution in [2.45, 2.75) is 0 Å². The van der Waals surface area contributed by atoms with Crippen LogP contribution in [0.1, 0.15) is 1.43 Å². The predicted molar refractivity (Wildman–Crippen MR) is 216 cm³/mol. The molecule has 0 spiro atoms. The molecule has 0 amide bonds. The maximum Gasteiger partial charge on any atom is 1.00 e. The van der Waals surface area contributed by atoms with Crippen molar-refractivity contribution >= 4 is 110 Å². The number of anilines is 5. The molecule has 0 aliphatic carbocycles. The second kappa shape index (κ2) is 27.8. The quantitative estimate of drug-likeness (QED) is 0.0653. The number of para-hydroxylation sites is 4. The van der Waals surface area contributed by atoms with Gasteiger partial charge in [0.2, 0.25) is 0 Å². The zero-order valence-corrected chi connectivity index (χ0v) is 41.6. The van der Waals surface area contributed by atoms with E-state index in [1.807, 2.05) is 102 Å². The van der Waals surface area contributed by atoms with Crippen molar-refractivity contribution in [1.29, 1.82) is 0 Å². The van der Waals surface area contributed by atoms with E-state index in [4.69, 9.17) is 10.1 Å². The van der Waals surface area contributed by atoms with Gasteiger partial charge in [-0.15, -0.1) is 0 Å². The third-order valence-electron chi connectivity index (χ3n) is 6.60. The molecule has 0 aliphatic rings. The van der Waals surface area contributed by atoms with Gasteiger partial charge < -0.3 is 21.8 Å². The average molecular weight is 1060 g/mol. The maximum absolute atomic E-state index is 12.1. The fraction of sp³-hybridized carbons (Fsp3) is 0. The SMILES string of the molecule is Brc1ccccc1Nc1ccccc1Br.O=CO[O-].O=[N+]([O-])c1ccc(F)cc1.O=[N+]([O-])c1ccc(N(c2ccccc2Br)c2ccccc2Br)cc1.[H-].[K+].[K+]. The molecule has 55 heavy (non-hydrogen) atoms. The summed E-state index contributed by atoms with van der Waals surface area (Å²) < 4.78 is 16.1. The van der Waals surface area contributed by atoms with E-state index in [1.54, 1.807) is 12.1 Å². The van der Waals surface area contributed by atoms with E-state index in [0.29, 0.717) is 0 Å². The molecule has 0 aromatic heterocycles. The molecule has 0 radical (unpaired) electrons. The molecule has 274 valence electrons. The van der Waals surface area contributed by atoms with Crippen molar-refractivity contribution in [3.05, 3.63) is 190 Å². The molecule has 0 atom stereocenters. The molecule has 18 heteroatoms. The van der Waals surface area contributed by atoms with Crippen molar-refractivity contribution in [1.82, 2.24) is 0 Å². The first-order valence-electron chi connectivity index (χ1n) is 14.9. The van der Waals surface area contributed by atoms with Gasteiger partial charge in [0.1, 0.15) is 5.82 Å². The number of nitro groups is 2. The minimum absolute atomic E-state index is 0. The standard InChI is InChI=1S/C18H12Br2N2O2.C12H9Br2N.C6H4FNO2.CH2O3.2K.H/c19-15-5-1-3-7-17(15)21(18-8-4-2-6-16(18)20)13-9-11-14(12-10-13)22(23)24;13-9-5-1-3-7-11(9)15-12-8-4-2-6-10(12)14;7-5-1-3-6(4-2-5)8(9)10;2-1-4-3;;;/h1-12H;1-8,15H;1-4H;1,3H;;;/q;;;;2*+1;-1/p-1. The van der Waals surface area contributed by atoms with Crippen LogP contribution in [-0.4, -0.2) is 16.3 Å². The number of carbonyl (C=O) groups is 1. The first-order valence-corrected chi connectivity index (χ1v) is 18.1. The molecule has 0 unspecified atom stereocenters. The molecular formula is C37H27Br4FK2N4O7. The third-order valence-corrected chi connectivity index (χ3v) is 9.32. The van der Waals surface area contributed by atoms with Crippen molar-refractivity contribution in [2.24, 2.45) is 0 Å². The number of non-ortho nitro benzene ring substituents is 2. The number of benzene rings is 6. The number of carbonyl (C=O) groups excluding carboxylic acids is 1. The van der Waals surface area contributed by atoms with Gasteiger partial charge in [-0.2, -0.15) is 0 Å². The molecular weight excluding hydrogens is 1030 g/mol. The van der Waals surface area contributed by atoms with Gasteiger partial charge in [-0.05, 0) is 137 Å². The van der Waals surface area contributed by atoms with Crippen LogP contribution in [0.4, 0.5) is 44.2 Å². The monoisotopic (exact) mass is 1050 g/mol. The Balaban J connectivity index is 0.000000813. The largest absolute Gasteiger partial charge is 1.00 e. The van der Waals surface area contributed by atoms with Crippen LogP contribution in [-0.2, 0) is 9.68 Å². The number of nitrogens with one attached hydrogen (secondary N) is 1. The first-order chi connectivity index (χ1) is 25.5. The second-order valence-corrected chi connectivity index (χ2v) is 13.4. The third kappa shape index (κ3) is 17.3. The number of hydrogen-bond donors (Lipinski definition) is 1. The summed E-state index contributed by atoms with van der Waals surface area (Å²) in [5.41, 5.74) is 4.81. The minimum Gasteiger partial charge on any atom is -1.00 e. The van der Waals surface area contributed by atoms with Gasteiger partial charge in [0, 0.05) is 47.8 Å². The van der Waals surface area contributed by atoms with E-state index in [-0.39, 0.29) is 122 Å². The Kier molecular flexibility index (Phi) is 26.0. The Morgan fingerprint density at radius 2 is 0.909 bits per heavy atom. The molecule has 1 N–H and O–H groups in total. The number of rotatable bonds is 8. The van der Waals surface area contributed by atoms with Crippen LogP contribution in [0.25, 0.3) is 0 Å². The van der Waals surface area contributed by atoms with Gasteiger partial charge in [0.15, 0.2) is 0 Å². The number of nitro benzene ring substituents is 2. The Labute approximate surface area is 436 Å². The average Bonchev–Trinajstić information content (AvgIpc) is 3.16. The summed E-state index contributed by atoms with van der Waals surface area (Å²) in [6.45, 7) is -0.181. The predicted octanol–water partition coefficient (Wildman–Crippen LogP) is 5.83. The Bertz CT molecular complexity index is 2040. The van der Waals surface area contributed by atoms with Crippen LogP contribution >= 0.6 is 63.7 Å². The summed E-state index contributed by atoms with van der Waals surface area (Å²) in [7, 11) is 0. The first kappa shape index (κ1) is 51.3. The van der Waals surface area contributed by atoms with Crippen LogP contribution in [0, 0.1) is 26.0 Å². The molecule has 0 aliphatic heterocycles. The van der Waals surface area contributed by atoms with Crippen molar-refractivity contribution in [3.63, 3.8) is 0 Å². The number of halogens is 5. The van der Waals surface area contributed by atoms with Crippen LogP contribution in [0.2, 0.25) is 0 Å². The van der Waals surface area contributed by atoms with Gasteiger partial charge >= 0.3 is 103 Å². The van der Waals surface area contributed by atoms with Crippen molar-refractivity contribution in [2.75, 3.05) is 10.2 Å². The van der Waals surface area contributed by atoms with Gasteiger partial charge in [0.05, 0.1) is 32.6 Å². The molecule has 6 aromatic carbocycles. The molecule has 6 aromatic rings. The van der Waals surface area contributed by atoms with Gasteiger partial charge in [0.25, 0.3) is 17.8 Å². The topological polar surface area (TPSA) is 151 Å². The minimum atomic E-state index is -0.570.